The number of aryl methyl sites for hydroxylation is 2. The molecule has 1 unspecified atom stereocenters. The van der Waals surface area contributed by atoms with Gasteiger partial charge in [0, 0.05) is 24.6 Å². The molecule has 0 saturated heterocycles. The fraction of sp³-hybridized carbons (Fsp3) is 0.545. The molecule has 0 bridgehead atoms. The second kappa shape index (κ2) is 4.83. The van der Waals surface area contributed by atoms with Crippen molar-refractivity contribution in [1.29, 1.82) is 0 Å². The predicted molar refractivity (Wildman–Crippen MR) is 55.7 cm³/mol. The SMILES string of the molecule is C#CCC(C)NCc1c(C)noc1C. The van der Waals surface area contributed by atoms with E-state index >= 15 is 0 Å². The van der Waals surface area contributed by atoms with E-state index in [2.05, 4.69) is 23.3 Å². The predicted octanol–water partition coefficient (Wildman–Crippen LogP) is 1.79. The first-order valence-electron chi connectivity index (χ1n) is 4.73. The summed E-state index contributed by atoms with van der Waals surface area (Å²) in [5, 5.41) is 7.21. The monoisotopic (exact) mass is 192 g/mol. The van der Waals surface area contributed by atoms with Crippen molar-refractivity contribution < 1.29 is 4.52 Å². The van der Waals surface area contributed by atoms with Crippen LogP contribution in [0.4, 0.5) is 0 Å². The van der Waals surface area contributed by atoms with Gasteiger partial charge in [-0.25, -0.2) is 0 Å². The van der Waals surface area contributed by atoms with Crippen molar-refractivity contribution in [3.63, 3.8) is 0 Å². The molecule has 1 heterocycles. The summed E-state index contributed by atoms with van der Waals surface area (Å²) in [5.74, 6) is 3.50. The Morgan fingerprint density at radius 3 is 2.79 bits per heavy atom. The molecule has 0 aromatic carbocycles. The first-order valence-corrected chi connectivity index (χ1v) is 4.73. The normalized spacial score (nSPS) is 12.4. The van der Waals surface area contributed by atoms with Gasteiger partial charge in [0.15, 0.2) is 0 Å². The zero-order chi connectivity index (χ0) is 10.6. The third kappa shape index (κ3) is 2.61. The smallest absolute Gasteiger partial charge is 0.138 e. The summed E-state index contributed by atoms with van der Waals surface area (Å²) in [7, 11) is 0. The van der Waals surface area contributed by atoms with Crippen LogP contribution in [0.1, 0.15) is 30.4 Å². The van der Waals surface area contributed by atoms with Crippen LogP contribution in [0, 0.1) is 26.2 Å². The van der Waals surface area contributed by atoms with E-state index in [1.54, 1.807) is 0 Å². The van der Waals surface area contributed by atoms with Gasteiger partial charge < -0.3 is 9.84 Å². The fourth-order valence-corrected chi connectivity index (χ4v) is 1.28. The van der Waals surface area contributed by atoms with Crippen molar-refractivity contribution in [3.05, 3.63) is 17.0 Å². The van der Waals surface area contributed by atoms with Crippen LogP contribution in [0.25, 0.3) is 0 Å². The molecule has 1 aromatic rings. The van der Waals surface area contributed by atoms with Crippen molar-refractivity contribution in [2.45, 2.75) is 39.8 Å². The molecule has 0 fully saturated rings. The Balaban J connectivity index is 2.50. The van der Waals surface area contributed by atoms with Gasteiger partial charge in [0.25, 0.3) is 0 Å². The largest absolute Gasteiger partial charge is 0.361 e. The zero-order valence-electron chi connectivity index (χ0n) is 8.92. The average molecular weight is 192 g/mol. The maximum Gasteiger partial charge on any atom is 0.138 e. The molecular formula is C11H16N2O. The van der Waals surface area contributed by atoms with Crippen LogP contribution in [0.15, 0.2) is 4.52 Å². The van der Waals surface area contributed by atoms with Gasteiger partial charge in [-0.2, -0.15) is 0 Å². The number of nitrogens with zero attached hydrogens (tertiary/aromatic N) is 1. The maximum absolute atomic E-state index is 5.22. The van der Waals surface area contributed by atoms with Gasteiger partial charge in [0.05, 0.1) is 5.69 Å². The van der Waals surface area contributed by atoms with Gasteiger partial charge in [0.1, 0.15) is 5.76 Å². The van der Waals surface area contributed by atoms with Crippen LogP contribution in [-0.4, -0.2) is 11.2 Å². The molecule has 3 heteroatoms. The van der Waals surface area contributed by atoms with Gasteiger partial charge in [-0.3, -0.25) is 0 Å². The molecule has 1 aromatic heterocycles. The fourth-order valence-electron chi connectivity index (χ4n) is 1.28. The van der Waals surface area contributed by atoms with Crippen molar-refractivity contribution in [2.75, 3.05) is 0 Å². The number of rotatable bonds is 4. The van der Waals surface area contributed by atoms with Crippen LogP contribution in [0.2, 0.25) is 0 Å². The zero-order valence-corrected chi connectivity index (χ0v) is 8.92. The van der Waals surface area contributed by atoms with Gasteiger partial charge in [-0.15, -0.1) is 12.3 Å². The van der Waals surface area contributed by atoms with Crippen molar-refractivity contribution in [3.8, 4) is 12.3 Å². The maximum atomic E-state index is 5.22. The number of terminal acetylenes is 1. The molecular weight excluding hydrogens is 176 g/mol. The molecule has 0 radical (unpaired) electrons. The minimum atomic E-state index is 0.327. The molecule has 0 amide bonds. The number of nitrogens with one attached hydrogen (secondary N) is 1. The molecule has 1 atom stereocenters. The van der Waals surface area contributed by atoms with Gasteiger partial charge in [-0.05, 0) is 20.8 Å². The first kappa shape index (κ1) is 10.8. The highest BCUT2D eigenvalue weighted by molar-refractivity contribution is 5.20. The molecule has 0 aliphatic heterocycles. The number of hydrogen-bond donors (Lipinski definition) is 1. The quantitative estimate of drug-likeness (QED) is 0.739. The van der Waals surface area contributed by atoms with Gasteiger partial charge in [0.2, 0.25) is 0 Å². The third-order valence-corrected chi connectivity index (χ3v) is 2.23. The molecule has 0 aliphatic carbocycles. The lowest BCUT2D eigenvalue weighted by atomic mass is 10.2. The van der Waals surface area contributed by atoms with E-state index in [1.165, 1.54) is 0 Å². The third-order valence-electron chi connectivity index (χ3n) is 2.23. The van der Waals surface area contributed by atoms with E-state index < -0.39 is 0 Å². The van der Waals surface area contributed by atoms with Crippen LogP contribution in [0.5, 0.6) is 0 Å². The highest BCUT2D eigenvalue weighted by atomic mass is 16.5. The topological polar surface area (TPSA) is 38.1 Å². The molecule has 3 nitrogen and oxygen atoms in total. The Labute approximate surface area is 84.9 Å². The molecule has 14 heavy (non-hydrogen) atoms. The standard InChI is InChI=1S/C11H16N2O/c1-5-6-8(2)12-7-11-9(3)13-14-10(11)4/h1,8,12H,6-7H2,2-4H3. The van der Waals surface area contributed by atoms with Gasteiger partial charge >= 0.3 is 0 Å². The number of aromatic nitrogens is 1. The highest BCUT2D eigenvalue weighted by Gasteiger charge is 2.09. The lowest BCUT2D eigenvalue weighted by Crippen LogP contribution is -2.25. The summed E-state index contributed by atoms with van der Waals surface area (Å²) in [6, 6.07) is 0.327. The van der Waals surface area contributed by atoms with E-state index in [0.29, 0.717) is 6.04 Å². The summed E-state index contributed by atoms with van der Waals surface area (Å²) in [5.41, 5.74) is 2.08. The van der Waals surface area contributed by atoms with Crippen molar-refractivity contribution in [1.82, 2.24) is 10.5 Å². The summed E-state index contributed by atoms with van der Waals surface area (Å²) in [6.07, 6.45) is 5.96. The van der Waals surface area contributed by atoms with Crippen LogP contribution < -0.4 is 5.32 Å². The summed E-state index contributed by atoms with van der Waals surface area (Å²) < 4.78 is 5.06. The summed E-state index contributed by atoms with van der Waals surface area (Å²) >= 11 is 0. The summed E-state index contributed by atoms with van der Waals surface area (Å²) in [4.78, 5) is 0. The molecule has 76 valence electrons. The first-order chi connectivity index (χ1) is 6.65. The minimum absolute atomic E-state index is 0.327. The van der Waals surface area contributed by atoms with E-state index in [-0.39, 0.29) is 0 Å². The Morgan fingerprint density at radius 2 is 2.29 bits per heavy atom. The Kier molecular flexibility index (Phi) is 3.73. The Hall–Kier alpha value is -1.27. The lowest BCUT2D eigenvalue weighted by Gasteiger charge is -2.09. The van der Waals surface area contributed by atoms with Crippen molar-refractivity contribution in [2.24, 2.45) is 0 Å². The van der Waals surface area contributed by atoms with Crippen molar-refractivity contribution >= 4 is 0 Å². The summed E-state index contributed by atoms with van der Waals surface area (Å²) in [6.45, 7) is 6.70. The van der Waals surface area contributed by atoms with E-state index in [0.717, 1.165) is 30.0 Å². The molecule has 1 N–H and O–H groups in total. The van der Waals surface area contributed by atoms with Crippen LogP contribution >= 0.6 is 0 Å². The Morgan fingerprint density at radius 1 is 1.57 bits per heavy atom. The molecule has 1 rings (SSSR count). The lowest BCUT2D eigenvalue weighted by molar-refractivity contribution is 0.391. The molecule has 0 saturated carbocycles. The van der Waals surface area contributed by atoms with E-state index in [9.17, 15) is 0 Å². The number of hydrogen-bond acceptors (Lipinski definition) is 3. The van der Waals surface area contributed by atoms with E-state index in [1.807, 2.05) is 13.8 Å². The molecule has 0 aliphatic rings. The van der Waals surface area contributed by atoms with Gasteiger partial charge in [-0.1, -0.05) is 5.16 Å². The second-order valence-electron chi connectivity index (χ2n) is 3.49. The molecule has 0 spiro atoms. The van der Waals surface area contributed by atoms with Crippen LogP contribution in [-0.2, 0) is 6.54 Å². The van der Waals surface area contributed by atoms with E-state index in [4.69, 9.17) is 10.9 Å². The second-order valence-corrected chi connectivity index (χ2v) is 3.49. The average Bonchev–Trinajstić information content (AvgIpc) is 2.44. The van der Waals surface area contributed by atoms with Crippen LogP contribution in [0.3, 0.4) is 0 Å². The minimum Gasteiger partial charge on any atom is -0.361 e. The highest BCUT2D eigenvalue weighted by Crippen LogP contribution is 2.11. The Bertz CT molecular complexity index is 316.